The van der Waals surface area contributed by atoms with Gasteiger partial charge in [-0.3, -0.25) is 0 Å². The molecule has 1 heterocycles. The number of pyridine rings is 1. The van der Waals surface area contributed by atoms with E-state index in [1.807, 2.05) is 54.7 Å². The van der Waals surface area contributed by atoms with Gasteiger partial charge in [0.2, 0.25) is 0 Å². The maximum absolute atomic E-state index is 9.52. The van der Waals surface area contributed by atoms with E-state index < -0.39 is 0 Å². The number of fused-ring (bicyclic) bond motifs is 1. The number of aliphatic hydroxyl groups is 2. The summed E-state index contributed by atoms with van der Waals surface area (Å²) < 4.78 is 0. The van der Waals surface area contributed by atoms with E-state index >= 15 is 0 Å². The van der Waals surface area contributed by atoms with E-state index in [9.17, 15) is 5.11 Å². The van der Waals surface area contributed by atoms with E-state index in [-0.39, 0.29) is 26.2 Å². The first-order chi connectivity index (χ1) is 14.8. The fourth-order valence-corrected chi connectivity index (χ4v) is 4.61. The molecule has 0 spiro atoms. The van der Waals surface area contributed by atoms with Gasteiger partial charge in [-0.1, -0.05) is 61.7 Å². The smallest absolute Gasteiger partial charge is 0.0571 e. The van der Waals surface area contributed by atoms with E-state index in [0.717, 1.165) is 36.3 Å². The van der Waals surface area contributed by atoms with Crippen LogP contribution in [0.5, 0.6) is 0 Å². The molecule has 3 atom stereocenters. The summed E-state index contributed by atoms with van der Waals surface area (Å²) in [5.74, 6) is 1.58. The molecule has 1 aromatic heterocycles. The summed E-state index contributed by atoms with van der Waals surface area (Å²) in [6.07, 6.45) is 9.80. The number of aromatic nitrogens is 1. The predicted octanol–water partition coefficient (Wildman–Crippen LogP) is 5.77. The van der Waals surface area contributed by atoms with Crippen molar-refractivity contribution in [3.05, 3.63) is 79.0 Å². The Kier molecular flexibility index (Phi) is 11.1. The van der Waals surface area contributed by atoms with Crippen LogP contribution in [0.25, 0.3) is 22.4 Å². The first-order valence-corrected chi connectivity index (χ1v) is 10.9. The predicted molar refractivity (Wildman–Crippen MR) is 123 cm³/mol. The second-order valence-corrected chi connectivity index (χ2v) is 7.93. The van der Waals surface area contributed by atoms with Gasteiger partial charge in [0.1, 0.15) is 0 Å². The number of aliphatic hydroxyl groups excluding tert-OH is 2. The van der Waals surface area contributed by atoms with Crippen LogP contribution in [-0.4, -0.2) is 28.4 Å². The molecule has 2 aliphatic rings. The maximum atomic E-state index is 9.52. The van der Waals surface area contributed by atoms with Gasteiger partial charge in [-0.2, -0.15) is 0 Å². The van der Waals surface area contributed by atoms with Crippen molar-refractivity contribution >= 4 is 0 Å². The van der Waals surface area contributed by atoms with Gasteiger partial charge in [-0.05, 0) is 47.9 Å². The van der Waals surface area contributed by atoms with Crippen LogP contribution in [0.4, 0.5) is 0 Å². The topological polar surface area (TPSA) is 53.4 Å². The summed E-state index contributed by atoms with van der Waals surface area (Å²) >= 11 is 0. The molecule has 167 valence electrons. The molecule has 2 saturated carbocycles. The third-order valence-corrected chi connectivity index (χ3v) is 6.15. The third kappa shape index (κ3) is 7.08. The molecule has 3 aromatic rings. The standard InChI is InChI=1S/C17H12N.C9H16O.CH4O.Ir/c1-3-7-14(8-4-1)16-11-12-17(18-13-16)15-9-5-2-6-10-15;10-9-6-5-7-3-1-2-4-8(7)9;1-2;/h1-9,11-13H;7-10H,1-6H2;2H,1H3;/q-1;;;. The van der Waals surface area contributed by atoms with E-state index in [2.05, 4.69) is 29.2 Å². The first kappa shape index (κ1) is 25.4. The van der Waals surface area contributed by atoms with Crippen molar-refractivity contribution in [3.8, 4) is 22.4 Å². The Morgan fingerprint density at radius 2 is 1.55 bits per heavy atom. The van der Waals surface area contributed by atoms with Crippen molar-refractivity contribution < 1.29 is 30.3 Å². The molecular weight excluding hydrogens is 563 g/mol. The Hall–Kier alpha value is -1.84. The minimum absolute atomic E-state index is 0. The Balaban J connectivity index is 0.000000224. The molecule has 2 fully saturated rings. The van der Waals surface area contributed by atoms with E-state index in [0.29, 0.717) is 5.92 Å². The fourth-order valence-electron chi connectivity index (χ4n) is 4.61. The Bertz CT molecular complexity index is 795. The quantitative estimate of drug-likeness (QED) is 0.371. The molecule has 3 unspecified atom stereocenters. The van der Waals surface area contributed by atoms with Gasteiger partial charge >= 0.3 is 0 Å². The van der Waals surface area contributed by atoms with Gasteiger partial charge in [-0.25, -0.2) is 0 Å². The molecular formula is C27H32IrNO2-. The average molecular weight is 595 g/mol. The number of nitrogens with zero attached hydrogens (tertiary/aromatic N) is 1. The van der Waals surface area contributed by atoms with Crippen molar-refractivity contribution in [2.45, 2.75) is 44.6 Å². The molecule has 5 rings (SSSR count). The molecule has 31 heavy (non-hydrogen) atoms. The van der Waals surface area contributed by atoms with Gasteiger partial charge < -0.3 is 15.2 Å². The zero-order valence-electron chi connectivity index (χ0n) is 18.1. The van der Waals surface area contributed by atoms with E-state index in [4.69, 9.17) is 5.11 Å². The molecule has 0 saturated heterocycles. The second-order valence-electron chi connectivity index (χ2n) is 7.93. The zero-order chi connectivity index (χ0) is 21.2. The molecule has 2 aromatic carbocycles. The summed E-state index contributed by atoms with van der Waals surface area (Å²) in [5.41, 5.74) is 4.30. The number of rotatable bonds is 2. The number of hydrogen-bond acceptors (Lipinski definition) is 3. The van der Waals surface area contributed by atoms with Gasteiger partial charge in [0.25, 0.3) is 0 Å². The van der Waals surface area contributed by atoms with Crippen LogP contribution >= 0.6 is 0 Å². The van der Waals surface area contributed by atoms with Crippen molar-refractivity contribution in [1.82, 2.24) is 4.98 Å². The summed E-state index contributed by atoms with van der Waals surface area (Å²) in [6, 6.07) is 25.5. The minimum atomic E-state index is 0. The Morgan fingerprint density at radius 3 is 2.19 bits per heavy atom. The summed E-state index contributed by atoms with van der Waals surface area (Å²) in [7, 11) is 1.00. The van der Waals surface area contributed by atoms with Crippen molar-refractivity contribution in [2.24, 2.45) is 11.8 Å². The van der Waals surface area contributed by atoms with Gasteiger partial charge in [0, 0.05) is 33.4 Å². The molecule has 0 amide bonds. The molecule has 4 heteroatoms. The van der Waals surface area contributed by atoms with E-state index in [1.165, 1.54) is 37.7 Å². The van der Waals surface area contributed by atoms with Gasteiger partial charge in [0.05, 0.1) is 6.10 Å². The molecule has 1 radical (unpaired) electrons. The molecule has 3 nitrogen and oxygen atoms in total. The van der Waals surface area contributed by atoms with Crippen molar-refractivity contribution in [3.63, 3.8) is 0 Å². The monoisotopic (exact) mass is 595 g/mol. The molecule has 0 aliphatic heterocycles. The Morgan fingerprint density at radius 1 is 0.806 bits per heavy atom. The average Bonchev–Trinajstić information content (AvgIpc) is 3.23. The van der Waals surface area contributed by atoms with Crippen LogP contribution in [0.2, 0.25) is 0 Å². The minimum Gasteiger partial charge on any atom is -0.400 e. The van der Waals surface area contributed by atoms with Crippen LogP contribution in [0.1, 0.15) is 38.5 Å². The van der Waals surface area contributed by atoms with Crippen LogP contribution < -0.4 is 0 Å². The second kappa shape index (κ2) is 13.5. The van der Waals surface area contributed by atoms with Crippen LogP contribution in [0, 0.1) is 17.9 Å². The van der Waals surface area contributed by atoms with Crippen LogP contribution in [0.15, 0.2) is 72.9 Å². The summed E-state index contributed by atoms with van der Waals surface area (Å²) in [5, 5.41) is 16.5. The zero-order valence-corrected chi connectivity index (χ0v) is 20.5. The SMILES string of the molecule is CO.OC1CCC2CCCCC12.[Ir].[c-]1ccccc1-c1ccc(-c2ccccc2)cn1. The Labute approximate surface area is 199 Å². The molecule has 2 N–H and O–H groups in total. The largest absolute Gasteiger partial charge is 0.400 e. The van der Waals surface area contributed by atoms with Crippen molar-refractivity contribution in [2.75, 3.05) is 7.11 Å². The maximum Gasteiger partial charge on any atom is 0.0571 e. The molecule has 2 aliphatic carbocycles. The van der Waals surface area contributed by atoms with E-state index in [1.54, 1.807) is 0 Å². The van der Waals surface area contributed by atoms with Crippen LogP contribution in [-0.2, 0) is 20.1 Å². The van der Waals surface area contributed by atoms with Crippen molar-refractivity contribution in [1.29, 1.82) is 0 Å². The number of benzene rings is 2. The normalized spacial score (nSPS) is 21.3. The first-order valence-electron chi connectivity index (χ1n) is 10.9. The summed E-state index contributed by atoms with van der Waals surface area (Å²) in [6.45, 7) is 0. The third-order valence-electron chi connectivity index (χ3n) is 6.15. The van der Waals surface area contributed by atoms with Crippen LogP contribution in [0.3, 0.4) is 0 Å². The molecule has 0 bridgehead atoms. The number of hydrogen-bond donors (Lipinski definition) is 2. The fraction of sp³-hybridized carbons (Fsp3) is 0.370. The van der Waals surface area contributed by atoms with Gasteiger partial charge in [-0.15, -0.1) is 35.9 Å². The van der Waals surface area contributed by atoms with Gasteiger partial charge in [0.15, 0.2) is 0 Å². The summed E-state index contributed by atoms with van der Waals surface area (Å²) in [4.78, 5) is 4.49.